The Morgan fingerprint density at radius 1 is 1.15 bits per heavy atom. The molecule has 114 valence electrons. The van der Waals surface area contributed by atoms with Crippen molar-refractivity contribution in [3.8, 4) is 0 Å². The average molecular weight is 281 g/mol. The Balaban J connectivity index is 1.87. The molecule has 1 saturated heterocycles. The molecule has 2 unspecified atom stereocenters. The van der Waals surface area contributed by atoms with Gasteiger partial charge in [-0.15, -0.1) is 0 Å². The third-order valence-corrected chi connectivity index (χ3v) is 4.57. The largest absolute Gasteiger partial charge is 0.345 e. The van der Waals surface area contributed by atoms with E-state index in [2.05, 4.69) is 17.6 Å². The fraction of sp³-hybridized carbons (Fsp3) is 0.867. The number of amides is 2. The van der Waals surface area contributed by atoms with Crippen molar-refractivity contribution in [1.29, 1.82) is 0 Å². The molecule has 2 aliphatic rings. The molecule has 1 aliphatic carbocycles. The number of nitrogens with one attached hydrogen (secondary N) is 2. The molecule has 2 N–H and O–H groups in total. The standard InChI is InChI=1S/C15H27N3O2/c1-2-12-6-3-4-7-13(12)17-14(19)15(20)18-10-5-8-16-9-11-18/h12-13,16H,2-11H2,1H3,(H,17,19). The second-order valence-corrected chi connectivity index (χ2v) is 5.93. The Morgan fingerprint density at radius 3 is 2.75 bits per heavy atom. The van der Waals surface area contributed by atoms with Crippen LogP contribution in [0, 0.1) is 5.92 Å². The first-order chi connectivity index (χ1) is 9.72. The van der Waals surface area contributed by atoms with Gasteiger partial charge in [0.15, 0.2) is 0 Å². The fourth-order valence-corrected chi connectivity index (χ4v) is 3.31. The topological polar surface area (TPSA) is 61.4 Å². The smallest absolute Gasteiger partial charge is 0.311 e. The van der Waals surface area contributed by atoms with Crippen LogP contribution in [0.5, 0.6) is 0 Å². The van der Waals surface area contributed by atoms with Gasteiger partial charge in [0.2, 0.25) is 0 Å². The lowest BCUT2D eigenvalue weighted by Gasteiger charge is -2.32. The van der Waals surface area contributed by atoms with E-state index in [-0.39, 0.29) is 11.9 Å². The first kappa shape index (κ1) is 15.3. The maximum absolute atomic E-state index is 12.2. The molecule has 5 nitrogen and oxygen atoms in total. The summed E-state index contributed by atoms with van der Waals surface area (Å²) < 4.78 is 0. The predicted molar refractivity (Wildman–Crippen MR) is 78.2 cm³/mol. The molecule has 5 heteroatoms. The number of hydrogen-bond acceptors (Lipinski definition) is 3. The van der Waals surface area contributed by atoms with Crippen LogP contribution in [-0.4, -0.2) is 48.9 Å². The van der Waals surface area contributed by atoms with E-state index >= 15 is 0 Å². The van der Waals surface area contributed by atoms with Crippen molar-refractivity contribution in [3.63, 3.8) is 0 Å². The SMILES string of the molecule is CCC1CCCCC1NC(=O)C(=O)N1CCCNCC1. The minimum atomic E-state index is -0.405. The van der Waals surface area contributed by atoms with Crippen molar-refractivity contribution in [2.24, 2.45) is 5.92 Å². The predicted octanol–water partition coefficient (Wildman–Crippen LogP) is 0.893. The van der Waals surface area contributed by atoms with Crippen LogP contribution >= 0.6 is 0 Å². The Hall–Kier alpha value is -1.10. The van der Waals surface area contributed by atoms with E-state index in [1.165, 1.54) is 12.8 Å². The summed E-state index contributed by atoms with van der Waals surface area (Å²) in [6.45, 7) is 5.18. The summed E-state index contributed by atoms with van der Waals surface area (Å²) in [5.41, 5.74) is 0. The minimum absolute atomic E-state index is 0.190. The lowest BCUT2D eigenvalue weighted by molar-refractivity contribution is -0.146. The Kier molecular flexibility index (Phi) is 5.83. The van der Waals surface area contributed by atoms with Crippen molar-refractivity contribution in [1.82, 2.24) is 15.5 Å². The van der Waals surface area contributed by atoms with Crippen molar-refractivity contribution in [2.45, 2.75) is 51.5 Å². The van der Waals surface area contributed by atoms with E-state index in [1.54, 1.807) is 4.90 Å². The molecular weight excluding hydrogens is 254 g/mol. The highest BCUT2D eigenvalue weighted by atomic mass is 16.2. The molecule has 2 rings (SSSR count). The molecule has 0 aromatic rings. The maximum Gasteiger partial charge on any atom is 0.311 e. The number of carbonyl (C=O) groups excluding carboxylic acids is 2. The normalized spacial score (nSPS) is 27.8. The van der Waals surface area contributed by atoms with Crippen molar-refractivity contribution in [3.05, 3.63) is 0 Å². The number of nitrogens with zero attached hydrogens (tertiary/aromatic N) is 1. The van der Waals surface area contributed by atoms with Gasteiger partial charge in [0.25, 0.3) is 0 Å². The van der Waals surface area contributed by atoms with E-state index in [9.17, 15) is 9.59 Å². The maximum atomic E-state index is 12.2. The third kappa shape index (κ3) is 3.95. The highest BCUT2D eigenvalue weighted by Crippen LogP contribution is 2.26. The summed E-state index contributed by atoms with van der Waals surface area (Å²) >= 11 is 0. The van der Waals surface area contributed by atoms with Gasteiger partial charge >= 0.3 is 11.8 Å². The highest BCUT2D eigenvalue weighted by molar-refractivity contribution is 6.35. The summed E-state index contributed by atoms with van der Waals surface area (Å²) in [7, 11) is 0. The average Bonchev–Trinajstić information content (AvgIpc) is 2.76. The third-order valence-electron chi connectivity index (χ3n) is 4.57. The fourth-order valence-electron chi connectivity index (χ4n) is 3.31. The van der Waals surface area contributed by atoms with E-state index in [4.69, 9.17) is 0 Å². The Bertz CT molecular complexity index is 338. The molecular formula is C15H27N3O2. The van der Waals surface area contributed by atoms with Crippen LogP contribution in [0.3, 0.4) is 0 Å². The van der Waals surface area contributed by atoms with E-state index in [0.717, 1.165) is 38.8 Å². The number of hydrogen-bond donors (Lipinski definition) is 2. The zero-order valence-electron chi connectivity index (χ0n) is 12.5. The minimum Gasteiger partial charge on any atom is -0.345 e. The van der Waals surface area contributed by atoms with Gasteiger partial charge in [-0.1, -0.05) is 26.2 Å². The van der Waals surface area contributed by atoms with Crippen molar-refractivity contribution < 1.29 is 9.59 Å². The lowest BCUT2D eigenvalue weighted by atomic mass is 9.83. The summed E-state index contributed by atoms with van der Waals surface area (Å²) in [5.74, 6) is -0.224. The molecule has 2 fully saturated rings. The summed E-state index contributed by atoms with van der Waals surface area (Å²) in [4.78, 5) is 26.0. The van der Waals surface area contributed by atoms with Crippen LogP contribution in [0.2, 0.25) is 0 Å². The summed E-state index contributed by atoms with van der Waals surface area (Å²) in [5, 5.41) is 6.23. The molecule has 0 bridgehead atoms. The lowest BCUT2D eigenvalue weighted by Crippen LogP contribution is -2.50. The molecule has 0 aromatic carbocycles. The summed E-state index contributed by atoms with van der Waals surface area (Å²) in [6.07, 6.45) is 6.58. The van der Waals surface area contributed by atoms with Crippen molar-refractivity contribution in [2.75, 3.05) is 26.2 Å². The molecule has 1 heterocycles. The molecule has 0 radical (unpaired) electrons. The number of rotatable bonds is 2. The van der Waals surface area contributed by atoms with Crippen LogP contribution in [0.25, 0.3) is 0 Å². The van der Waals surface area contributed by atoms with Crippen LogP contribution in [-0.2, 0) is 9.59 Å². The van der Waals surface area contributed by atoms with Gasteiger partial charge in [0.1, 0.15) is 0 Å². The molecule has 2 atom stereocenters. The quantitative estimate of drug-likeness (QED) is 0.739. The van der Waals surface area contributed by atoms with Gasteiger partial charge in [-0.2, -0.15) is 0 Å². The second kappa shape index (κ2) is 7.62. The Labute approximate surface area is 121 Å². The highest BCUT2D eigenvalue weighted by Gasteiger charge is 2.29. The van der Waals surface area contributed by atoms with Crippen LogP contribution in [0.4, 0.5) is 0 Å². The Morgan fingerprint density at radius 2 is 1.95 bits per heavy atom. The zero-order valence-corrected chi connectivity index (χ0v) is 12.5. The molecule has 1 aliphatic heterocycles. The van der Waals surface area contributed by atoms with Crippen LogP contribution in [0.15, 0.2) is 0 Å². The van der Waals surface area contributed by atoms with Gasteiger partial charge in [0, 0.05) is 25.7 Å². The van der Waals surface area contributed by atoms with Gasteiger partial charge in [0.05, 0.1) is 0 Å². The zero-order chi connectivity index (χ0) is 14.4. The van der Waals surface area contributed by atoms with Gasteiger partial charge in [-0.05, 0) is 31.7 Å². The summed E-state index contributed by atoms with van der Waals surface area (Å²) in [6, 6.07) is 0.190. The van der Waals surface area contributed by atoms with Crippen LogP contribution < -0.4 is 10.6 Å². The van der Waals surface area contributed by atoms with Gasteiger partial charge in [-0.3, -0.25) is 9.59 Å². The van der Waals surface area contributed by atoms with E-state index in [0.29, 0.717) is 19.0 Å². The molecule has 2 amide bonds. The first-order valence-electron chi connectivity index (χ1n) is 8.03. The van der Waals surface area contributed by atoms with Gasteiger partial charge < -0.3 is 15.5 Å². The first-order valence-corrected chi connectivity index (χ1v) is 8.03. The molecule has 20 heavy (non-hydrogen) atoms. The van der Waals surface area contributed by atoms with E-state index < -0.39 is 5.91 Å². The van der Waals surface area contributed by atoms with E-state index in [1.807, 2.05) is 0 Å². The number of carbonyl (C=O) groups is 2. The molecule has 0 spiro atoms. The van der Waals surface area contributed by atoms with Gasteiger partial charge in [-0.25, -0.2) is 0 Å². The monoisotopic (exact) mass is 281 g/mol. The van der Waals surface area contributed by atoms with Crippen molar-refractivity contribution >= 4 is 11.8 Å². The second-order valence-electron chi connectivity index (χ2n) is 5.93. The molecule has 1 saturated carbocycles. The molecule has 0 aromatic heterocycles. The van der Waals surface area contributed by atoms with Crippen LogP contribution in [0.1, 0.15) is 45.4 Å².